The molecule has 0 radical (unpaired) electrons. The maximum absolute atomic E-state index is 12.5. The van der Waals surface area contributed by atoms with E-state index >= 15 is 0 Å². The molecule has 0 aliphatic carbocycles. The van der Waals surface area contributed by atoms with Crippen LogP contribution in [-0.2, 0) is 7.05 Å². The van der Waals surface area contributed by atoms with Crippen molar-refractivity contribution in [1.82, 2.24) is 9.78 Å². The highest BCUT2D eigenvalue weighted by atomic mass is 16.5. The molecule has 0 saturated heterocycles. The van der Waals surface area contributed by atoms with Gasteiger partial charge in [0.15, 0.2) is 5.82 Å². The summed E-state index contributed by atoms with van der Waals surface area (Å²) in [7, 11) is 1.80. The summed E-state index contributed by atoms with van der Waals surface area (Å²) in [6.45, 7) is 2.92. The average molecular weight is 378 g/mol. The van der Waals surface area contributed by atoms with Crippen LogP contribution in [0.4, 0.5) is 11.5 Å². The SMILES string of the molecule is Cn1ccc(NC(=O)c2ccc3c(c2)NC(C)(COc2ccccc2)CO3)n1. The van der Waals surface area contributed by atoms with Crippen molar-refractivity contribution in [1.29, 1.82) is 0 Å². The highest BCUT2D eigenvalue weighted by Gasteiger charge is 2.32. The molecule has 28 heavy (non-hydrogen) atoms. The van der Waals surface area contributed by atoms with Crippen LogP contribution < -0.4 is 20.1 Å². The van der Waals surface area contributed by atoms with E-state index in [1.807, 2.05) is 37.3 Å². The number of fused-ring (bicyclic) bond motifs is 1. The van der Waals surface area contributed by atoms with E-state index in [2.05, 4.69) is 15.7 Å². The third-order valence-corrected chi connectivity index (χ3v) is 4.48. The normalized spacial score (nSPS) is 17.8. The molecule has 2 N–H and O–H groups in total. The molecule has 1 aliphatic heterocycles. The zero-order chi connectivity index (χ0) is 19.6. The maximum Gasteiger partial charge on any atom is 0.256 e. The summed E-state index contributed by atoms with van der Waals surface area (Å²) in [4.78, 5) is 12.5. The van der Waals surface area contributed by atoms with E-state index in [-0.39, 0.29) is 5.91 Å². The largest absolute Gasteiger partial charge is 0.491 e. The van der Waals surface area contributed by atoms with Gasteiger partial charge in [-0.3, -0.25) is 9.48 Å². The molecule has 4 rings (SSSR count). The minimum absolute atomic E-state index is 0.226. The van der Waals surface area contributed by atoms with Crippen molar-refractivity contribution in [3.05, 3.63) is 66.4 Å². The van der Waals surface area contributed by atoms with Crippen LogP contribution in [0.5, 0.6) is 11.5 Å². The monoisotopic (exact) mass is 378 g/mol. The molecule has 0 spiro atoms. The summed E-state index contributed by atoms with van der Waals surface area (Å²) < 4.78 is 13.4. The zero-order valence-corrected chi connectivity index (χ0v) is 15.8. The molecule has 1 amide bonds. The number of anilines is 2. The van der Waals surface area contributed by atoms with Crippen LogP contribution >= 0.6 is 0 Å². The van der Waals surface area contributed by atoms with E-state index in [1.165, 1.54) is 0 Å². The Labute approximate surface area is 163 Å². The van der Waals surface area contributed by atoms with Crippen LogP contribution in [-0.4, -0.2) is 34.4 Å². The van der Waals surface area contributed by atoms with E-state index in [9.17, 15) is 4.79 Å². The zero-order valence-electron chi connectivity index (χ0n) is 15.8. The Hall–Kier alpha value is -3.48. The summed E-state index contributed by atoms with van der Waals surface area (Å²) in [5, 5.41) is 10.4. The van der Waals surface area contributed by atoms with Crippen LogP contribution in [0.2, 0.25) is 0 Å². The van der Waals surface area contributed by atoms with Gasteiger partial charge in [-0.05, 0) is 37.3 Å². The molecule has 2 aromatic carbocycles. The lowest BCUT2D eigenvalue weighted by Gasteiger charge is -2.36. The Morgan fingerprint density at radius 2 is 2.11 bits per heavy atom. The predicted octanol–water partition coefficient (Wildman–Crippen LogP) is 3.31. The third-order valence-electron chi connectivity index (χ3n) is 4.48. The van der Waals surface area contributed by atoms with Crippen molar-refractivity contribution in [2.75, 3.05) is 23.8 Å². The fourth-order valence-corrected chi connectivity index (χ4v) is 3.00. The number of para-hydroxylation sites is 1. The summed E-state index contributed by atoms with van der Waals surface area (Å²) >= 11 is 0. The van der Waals surface area contributed by atoms with E-state index in [4.69, 9.17) is 9.47 Å². The Balaban J connectivity index is 1.46. The molecule has 7 nitrogen and oxygen atoms in total. The van der Waals surface area contributed by atoms with Gasteiger partial charge in [0.05, 0.1) is 5.69 Å². The highest BCUT2D eigenvalue weighted by Crippen LogP contribution is 2.34. The van der Waals surface area contributed by atoms with Crippen LogP contribution in [0.15, 0.2) is 60.8 Å². The fourth-order valence-electron chi connectivity index (χ4n) is 3.00. The van der Waals surface area contributed by atoms with Gasteiger partial charge in [-0.15, -0.1) is 0 Å². The Morgan fingerprint density at radius 1 is 1.29 bits per heavy atom. The van der Waals surface area contributed by atoms with Gasteiger partial charge in [0, 0.05) is 24.9 Å². The van der Waals surface area contributed by atoms with Crippen LogP contribution in [0.1, 0.15) is 17.3 Å². The van der Waals surface area contributed by atoms with E-state index in [0.717, 1.165) is 11.4 Å². The van der Waals surface area contributed by atoms with Gasteiger partial charge in [-0.2, -0.15) is 5.10 Å². The number of carbonyl (C=O) groups excluding carboxylic acids is 1. The Kier molecular flexibility index (Phi) is 4.65. The van der Waals surface area contributed by atoms with Crippen molar-refractivity contribution in [2.45, 2.75) is 12.5 Å². The highest BCUT2D eigenvalue weighted by molar-refractivity contribution is 6.04. The van der Waals surface area contributed by atoms with E-state index in [1.54, 1.807) is 42.2 Å². The number of hydrogen-bond donors (Lipinski definition) is 2. The molecule has 0 saturated carbocycles. The first-order valence-electron chi connectivity index (χ1n) is 9.05. The first-order chi connectivity index (χ1) is 13.5. The molecule has 3 aromatic rings. The quantitative estimate of drug-likeness (QED) is 0.712. The number of aromatic nitrogens is 2. The van der Waals surface area contributed by atoms with Crippen LogP contribution in [0.25, 0.3) is 0 Å². The molecule has 1 aliphatic rings. The van der Waals surface area contributed by atoms with Crippen molar-refractivity contribution in [3.63, 3.8) is 0 Å². The maximum atomic E-state index is 12.5. The second-order valence-electron chi connectivity index (χ2n) is 7.12. The molecular weight excluding hydrogens is 356 g/mol. The molecule has 0 fully saturated rings. The van der Waals surface area contributed by atoms with Gasteiger partial charge in [-0.25, -0.2) is 0 Å². The molecule has 1 atom stereocenters. The van der Waals surface area contributed by atoms with Crippen molar-refractivity contribution in [2.24, 2.45) is 7.05 Å². The summed E-state index contributed by atoms with van der Waals surface area (Å²) in [5.74, 6) is 1.80. The van der Waals surface area contributed by atoms with E-state index < -0.39 is 5.54 Å². The Bertz CT molecular complexity index is 986. The first-order valence-corrected chi connectivity index (χ1v) is 9.05. The minimum Gasteiger partial charge on any atom is -0.491 e. The standard InChI is InChI=1S/C21H22N4O3/c1-21(13-27-16-6-4-3-5-7-16)14-28-18-9-8-15(12-17(18)23-21)20(26)22-19-10-11-25(2)24-19/h3-12,23H,13-14H2,1-2H3,(H,22,24,26). The first kappa shape index (κ1) is 17.9. The number of nitrogens with one attached hydrogen (secondary N) is 2. The lowest BCUT2D eigenvalue weighted by molar-refractivity contribution is 0.102. The number of amides is 1. The number of ether oxygens (including phenoxy) is 2. The van der Waals surface area contributed by atoms with Gasteiger partial charge in [0.25, 0.3) is 5.91 Å². The van der Waals surface area contributed by atoms with Crippen LogP contribution in [0, 0.1) is 0 Å². The van der Waals surface area contributed by atoms with Gasteiger partial charge in [0.2, 0.25) is 0 Å². The van der Waals surface area contributed by atoms with Crippen LogP contribution in [0.3, 0.4) is 0 Å². The van der Waals surface area contributed by atoms with E-state index in [0.29, 0.717) is 30.3 Å². The number of rotatable bonds is 5. The number of benzene rings is 2. The molecule has 1 aromatic heterocycles. The second kappa shape index (κ2) is 7.26. The predicted molar refractivity (Wildman–Crippen MR) is 107 cm³/mol. The molecule has 2 heterocycles. The topological polar surface area (TPSA) is 77.4 Å². The molecule has 1 unspecified atom stereocenters. The third kappa shape index (κ3) is 3.93. The lowest BCUT2D eigenvalue weighted by Crippen LogP contribution is -2.48. The summed E-state index contributed by atoms with van der Waals surface area (Å²) in [5.41, 5.74) is 0.867. The van der Waals surface area contributed by atoms with Gasteiger partial charge < -0.3 is 20.1 Å². The smallest absolute Gasteiger partial charge is 0.256 e. The lowest BCUT2D eigenvalue weighted by atomic mass is 10.0. The van der Waals surface area contributed by atoms with Crippen molar-refractivity contribution < 1.29 is 14.3 Å². The number of hydrogen-bond acceptors (Lipinski definition) is 5. The molecule has 0 bridgehead atoms. The van der Waals surface area contributed by atoms with Crippen molar-refractivity contribution in [3.8, 4) is 11.5 Å². The molecule has 7 heteroatoms. The summed E-state index contributed by atoms with van der Waals surface area (Å²) in [6.07, 6.45) is 1.77. The van der Waals surface area contributed by atoms with Crippen molar-refractivity contribution >= 4 is 17.4 Å². The Morgan fingerprint density at radius 3 is 2.86 bits per heavy atom. The molecule has 144 valence electrons. The van der Waals surface area contributed by atoms with Gasteiger partial charge in [-0.1, -0.05) is 18.2 Å². The number of carbonyl (C=O) groups is 1. The summed E-state index contributed by atoms with van der Waals surface area (Å²) in [6, 6.07) is 16.7. The van der Waals surface area contributed by atoms with Gasteiger partial charge >= 0.3 is 0 Å². The second-order valence-corrected chi connectivity index (χ2v) is 7.12. The average Bonchev–Trinajstić information content (AvgIpc) is 3.11. The molecular formula is C21H22N4O3. The number of aryl methyl sites for hydroxylation is 1. The number of nitrogens with zero attached hydrogens (tertiary/aromatic N) is 2. The van der Waals surface area contributed by atoms with Gasteiger partial charge in [0.1, 0.15) is 30.3 Å². The fraction of sp³-hybridized carbons (Fsp3) is 0.238. The minimum atomic E-state index is -0.418.